The van der Waals surface area contributed by atoms with Crippen LogP contribution < -0.4 is 11.1 Å². The summed E-state index contributed by atoms with van der Waals surface area (Å²) < 4.78 is 0. The second kappa shape index (κ2) is 7.37. The van der Waals surface area contributed by atoms with Crippen molar-refractivity contribution in [3.05, 3.63) is 29.6 Å². The van der Waals surface area contributed by atoms with E-state index in [4.69, 9.17) is 10.8 Å². The van der Waals surface area contributed by atoms with Crippen LogP contribution in [-0.2, 0) is 0 Å². The lowest BCUT2D eigenvalue weighted by atomic mass is 10.0. The van der Waals surface area contributed by atoms with Gasteiger partial charge in [-0.3, -0.25) is 4.98 Å². The molecule has 0 fully saturated rings. The first kappa shape index (κ1) is 14.1. The van der Waals surface area contributed by atoms with Crippen molar-refractivity contribution < 1.29 is 5.11 Å². The second-order valence-electron chi connectivity index (χ2n) is 4.30. The molecule has 0 saturated carbocycles. The van der Waals surface area contributed by atoms with Crippen LogP contribution in [0.2, 0.25) is 0 Å². The highest BCUT2D eigenvalue weighted by Crippen LogP contribution is 2.16. The Kier molecular flexibility index (Phi) is 6.11. The van der Waals surface area contributed by atoms with Crippen LogP contribution in [0.5, 0.6) is 0 Å². The molecule has 1 heterocycles. The van der Waals surface area contributed by atoms with E-state index in [1.807, 2.05) is 12.3 Å². The minimum atomic E-state index is 0.111. The van der Waals surface area contributed by atoms with Crippen LogP contribution in [0.1, 0.15) is 36.9 Å². The van der Waals surface area contributed by atoms with Gasteiger partial charge in [0, 0.05) is 37.6 Å². The number of pyridine rings is 1. The summed E-state index contributed by atoms with van der Waals surface area (Å²) >= 11 is 0. The monoisotopic (exact) mass is 237 g/mol. The summed E-state index contributed by atoms with van der Waals surface area (Å²) in [7, 11) is 0. The maximum atomic E-state index is 8.99. The second-order valence-corrected chi connectivity index (χ2v) is 4.30. The Morgan fingerprint density at radius 1 is 1.53 bits per heavy atom. The van der Waals surface area contributed by atoms with E-state index in [2.05, 4.69) is 24.1 Å². The molecule has 0 radical (unpaired) electrons. The average molecular weight is 237 g/mol. The van der Waals surface area contributed by atoms with E-state index in [0.29, 0.717) is 12.6 Å². The van der Waals surface area contributed by atoms with Gasteiger partial charge in [0.1, 0.15) is 0 Å². The lowest BCUT2D eigenvalue weighted by Gasteiger charge is -2.24. The number of hydrogen-bond donors (Lipinski definition) is 3. The molecule has 0 aromatic carbocycles. The Balaban J connectivity index is 2.74. The normalized spacial score (nSPS) is 14.6. The summed E-state index contributed by atoms with van der Waals surface area (Å²) in [5.41, 5.74) is 8.16. The van der Waals surface area contributed by atoms with Gasteiger partial charge < -0.3 is 16.2 Å². The Labute approximate surface area is 103 Å². The number of aliphatic hydroxyl groups is 1. The molecule has 0 spiro atoms. The first-order chi connectivity index (χ1) is 8.22. The molecule has 0 aliphatic carbocycles. The largest absolute Gasteiger partial charge is 0.396 e. The van der Waals surface area contributed by atoms with Gasteiger partial charge in [-0.25, -0.2) is 0 Å². The SMILES string of the molecule is CCC(CCO)NC(CN)c1cnccc1C. The molecule has 0 bridgehead atoms. The molecule has 0 aliphatic rings. The van der Waals surface area contributed by atoms with Crippen molar-refractivity contribution in [1.82, 2.24) is 10.3 Å². The first-order valence-corrected chi connectivity index (χ1v) is 6.20. The Morgan fingerprint density at radius 2 is 2.29 bits per heavy atom. The molecule has 1 aromatic rings. The van der Waals surface area contributed by atoms with Crippen LogP contribution in [0.4, 0.5) is 0 Å². The summed E-state index contributed by atoms with van der Waals surface area (Å²) in [6.45, 7) is 4.91. The van der Waals surface area contributed by atoms with E-state index in [1.54, 1.807) is 6.20 Å². The number of aryl methyl sites for hydroxylation is 1. The number of hydrogen-bond acceptors (Lipinski definition) is 4. The Bertz CT molecular complexity index is 330. The molecule has 2 atom stereocenters. The molecule has 4 N–H and O–H groups in total. The zero-order chi connectivity index (χ0) is 12.7. The van der Waals surface area contributed by atoms with Crippen molar-refractivity contribution in [2.45, 2.75) is 38.8 Å². The van der Waals surface area contributed by atoms with Crippen molar-refractivity contribution in [3.8, 4) is 0 Å². The van der Waals surface area contributed by atoms with Crippen molar-refractivity contribution in [2.75, 3.05) is 13.2 Å². The van der Waals surface area contributed by atoms with Crippen LogP contribution in [0, 0.1) is 6.92 Å². The van der Waals surface area contributed by atoms with Crippen molar-refractivity contribution in [2.24, 2.45) is 5.73 Å². The summed E-state index contributed by atoms with van der Waals surface area (Å²) in [4.78, 5) is 4.15. The van der Waals surface area contributed by atoms with Crippen LogP contribution in [0.15, 0.2) is 18.5 Å². The van der Waals surface area contributed by atoms with E-state index in [1.165, 1.54) is 5.56 Å². The zero-order valence-electron chi connectivity index (χ0n) is 10.7. The van der Waals surface area contributed by atoms with Gasteiger partial charge in [-0.2, -0.15) is 0 Å². The number of aliphatic hydroxyl groups excluding tert-OH is 1. The van der Waals surface area contributed by atoms with E-state index in [-0.39, 0.29) is 12.6 Å². The third-order valence-electron chi connectivity index (χ3n) is 3.10. The van der Waals surface area contributed by atoms with E-state index < -0.39 is 0 Å². The van der Waals surface area contributed by atoms with Gasteiger partial charge in [0.2, 0.25) is 0 Å². The highest BCUT2D eigenvalue weighted by molar-refractivity contribution is 5.25. The lowest BCUT2D eigenvalue weighted by Crippen LogP contribution is -2.37. The van der Waals surface area contributed by atoms with Gasteiger partial charge in [0.25, 0.3) is 0 Å². The number of nitrogens with zero attached hydrogens (tertiary/aromatic N) is 1. The van der Waals surface area contributed by atoms with Gasteiger partial charge in [-0.15, -0.1) is 0 Å². The van der Waals surface area contributed by atoms with Crippen LogP contribution in [-0.4, -0.2) is 29.3 Å². The third-order valence-corrected chi connectivity index (χ3v) is 3.10. The topological polar surface area (TPSA) is 71.2 Å². The number of rotatable bonds is 7. The van der Waals surface area contributed by atoms with Gasteiger partial charge in [-0.05, 0) is 37.0 Å². The summed E-state index contributed by atoms with van der Waals surface area (Å²) in [6, 6.07) is 2.40. The van der Waals surface area contributed by atoms with Gasteiger partial charge in [0.05, 0.1) is 0 Å². The maximum Gasteiger partial charge on any atom is 0.0464 e. The van der Waals surface area contributed by atoms with Gasteiger partial charge in [0.15, 0.2) is 0 Å². The van der Waals surface area contributed by atoms with Gasteiger partial charge >= 0.3 is 0 Å². The average Bonchev–Trinajstić information content (AvgIpc) is 2.35. The number of nitrogens with two attached hydrogens (primary N) is 1. The minimum Gasteiger partial charge on any atom is -0.396 e. The summed E-state index contributed by atoms with van der Waals surface area (Å²) in [5, 5.41) is 12.5. The molecular formula is C13H23N3O. The number of nitrogens with one attached hydrogen (secondary N) is 1. The highest BCUT2D eigenvalue weighted by atomic mass is 16.3. The predicted octanol–water partition coefficient (Wildman–Crippen LogP) is 1.14. The first-order valence-electron chi connectivity index (χ1n) is 6.20. The zero-order valence-corrected chi connectivity index (χ0v) is 10.7. The summed E-state index contributed by atoms with van der Waals surface area (Å²) in [5.74, 6) is 0. The lowest BCUT2D eigenvalue weighted by molar-refractivity contribution is 0.255. The summed E-state index contributed by atoms with van der Waals surface area (Å²) in [6.07, 6.45) is 5.39. The smallest absolute Gasteiger partial charge is 0.0464 e. The molecule has 0 saturated heterocycles. The van der Waals surface area contributed by atoms with Crippen LogP contribution in [0.3, 0.4) is 0 Å². The molecule has 2 unspecified atom stereocenters. The molecule has 1 aromatic heterocycles. The number of aromatic nitrogens is 1. The van der Waals surface area contributed by atoms with E-state index in [0.717, 1.165) is 18.4 Å². The van der Waals surface area contributed by atoms with Crippen molar-refractivity contribution >= 4 is 0 Å². The fourth-order valence-electron chi connectivity index (χ4n) is 1.97. The van der Waals surface area contributed by atoms with Crippen molar-refractivity contribution in [1.29, 1.82) is 0 Å². The molecule has 1 rings (SSSR count). The predicted molar refractivity (Wildman–Crippen MR) is 69.7 cm³/mol. The fraction of sp³-hybridized carbons (Fsp3) is 0.615. The molecule has 96 valence electrons. The van der Waals surface area contributed by atoms with Crippen molar-refractivity contribution in [3.63, 3.8) is 0 Å². The minimum absolute atomic E-state index is 0.111. The quantitative estimate of drug-likeness (QED) is 0.665. The van der Waals surface area contributed by atoms with Crippen LogP contribution in [0.25, 0.3) is 0 Å². The van der Waals surface area contributed by atoms with Crippen LogP contribution >= 0.6 is 0 Å². The standard InChI is InChI=1S/C13H23N3O/c1-3-11(5-7-17)16-13(8-14)12-9-15-6-4-10(12)2/h4,6,9,11,13,16-17H,3,5,7-8,14H2,1-2H3. The maximum absolute atomic E-state index is 8.99. The van der Waals surface area contributed by atoms with E-state index in [9.17, 15) is 0 Å². The molecule has 4 heteroatoms. The van der Waals surface area contributed by atoms with Gasteiger partial charge in [-0.1, -0.05) is 6.92 Å². The molecule has 0 amide bonds. The third kappa shape index (κ3) is 4.07. The Hall–Kier alpha value is -0.970. The fourth-order valence-corrected chi connectivity index (χ4v) is 1.97. The molecule has 0 aliphatic heterocycles. The molecule has 4 nitrogen and oxygen atoms in total. The Morgan fingerprint density at radius 3 is 2.82 bits per heavy atom. The molecular weight excluding hydrogens is 214 g/mol. The van der Waals surface area contributed by atoms with E-state index >= 15 is 0 Å². The molecule has 17 heavy (non-hydrogen) atoms. The highest BCUT2D eigenvalue weighted by Gasteiger charge is 2.16.